The van der Waals surface area contributed by atoms with Gasteiger partial charge in [0.15, 0.2) is 0 Å². The van der Waals surface area contributed by atoms with Crippen molar-refractivity contribution in [1.82, 2.24) is 9.80 Å². The van der Waals surface area contributed by atoms with Gasteiger partial charge in [0.05, 0.1) is 30.9 Å². The van der Waals surface area contributed by atoms with Crippen LogP contribution in [0.1, 0.15) is 59.3 Å². The van der Waals surface area contributed by atoms with Gasteiger partial charge in [-0.15, -0.1) is 0 Å². The molecule has 3 aliphatic heterocycles. The molecule has 0 aromatic rings. The maximum absolute atomic E-state index is 12.4. The van der Waals surface area contributed by atoms with Crippen molar-refractivity contribution in [3.63, 3.8) is 0 Å². The third-order valence-electron chi connectivity index (χ3n) is 7.45. The maximum atomic E-state index is 12.4. The van der Waals surface area contributed by atoms with Gasteiger partial charge in [-0.05, 0) is 58.9 Å². The van der Waals surface area contributed by atoms with Gasteiger partial charge in [-0.3, -0.25) is 4.90 Å². The summed E-state index contributed by atoms with van der Waals surface area (Å²) in [6, 6.07) is 0. The predicted octanol–water partition coefficient (Wildman–Crippen LogP) is 4.64. The standard InChI is InChI=1S/C15H26O2.C9H14F2N2O2/c1-11(2)9-10-14-15(3,17-14)12-7-5-6-8-13(12)16-4;10-9(11)5-12(6-9)2-1-7-3-13(4-7)8(14)15/h9,12-14H,5-8,10H2,1-4H3;7H,1-6H2,(H,14,15). The van der Waals surface area contributed by atoms with Crippen LogP contribution in [0.4, 0.5) is 13.6 Å². The number of carboxylic acid groups (broad SMARTS) is 1. The van der Waals surface area contributed by atoms with Crippen LogP contribution in [0.25, 0.3) is 0 Å². The molecular weight excluding hydrogens is 418 g/mol. The Bertz CT molecular complexity index is 671. The number of allylic oxidation sites excluding steroid dienone is 1. The zero-order chi connectivity index (χ0) is 23.5. The van der Waals surface area contributed by atoms with Crippen molar-refractivity contribution in [3.8, 4) is 0 Å². The normalized spacial score (nSPS) is 33.9. The molecule has 0 aromatic heterocycles. The minimum absolute atomic E-state index is 0.0764. The number of nitrogens with zero attached hydrogens (tertiary/aromatic N) is 2. The zero-order valence-electron chi connectivity index (χ0n) is 20.0. The number of methoxy groups -OCH3 is 1. The van der Waals surface area contributed by atoms with Gasteiger partial charge < -0.3 is 19.5 Å². The molecule has 1 aliphatic carbocycles. The summed E-state index contributed by atoms with van der Waals surface area (Å²) in [4.78, 5) is 13.5. The highest BCUT2D eigenvalue weighted by Crippen LogP contribution is 2.50. The highest BCUT2D eigenvalue weighted by Gasteiger charge is 2.58. The third-order valence-corrected chi connectivity index (χ3v) is 7.45. The second-order valence-corrected chi connectivity index (χ2v) is 10.4. The van der Waals surface area contributed by atoms with Crippen molar-refractivity contribution in [2.45, 2.75) is 83.0 Å². The molecule has 4 aliphatic rings. The molecule has 1 saturated carbocycles. The Morgan fingerprint density at radius 1 is 1.22 bits per heavy atom. The Hall–Kier alpha value is -1.25. The summed E-state index contributed by atoms with van der Waals surface area (Å²) in [5.41, 5.74) is 1.46. The SMILES string of the molecule is COC1CCCCC1C1(C)OC1CC=C(C)C.O=C(O)N1CC(CCN2CC(F)(F)C2)C1. The van der Waals surface area contributed by atoms with Crippen molar-refractivity contribution in [2.75, 3.05) is 39.8 Å². The van der Waals surface area contributed by atoms with E-state index in [4.69, 9.17) is 14.6 Å². The van der Waals surface area contributed by atoms with Crippen molar-refractivity contribution in [3.05, 3.63) is 11.6 Å². The number of hydrogen-bond acceptors (Lipinski definition) is 4. The number of alkyl halides is 2. The quantitative estimate of drug-likeness (QED) is 0.445. The smallest absolute Gasteiger partial charge is 0.407 e. The van der Waals surface area contributed by atoms with Crippen molar-refractivity contribution < 1.29 is 28.2 Å². The minimum atomic E-state index is -2.49. The fourth-order valence-corrected chi connectivity index (χ4v) is 5.30. The van der Waals surface area contributed by atoms with Crippen molar-refractivity contribution in [2.24, 2.45) is 11.8 Å². The van der Waals surface area contributed by atoms with Crippen LogP contribution in [-0.4, -0.2) is 84.6 Å². The summed E-state index contributed by atoms with van der Waals surface area (Å²) in [6.07, 6.45) is 9.22. The molecule has 1 amide bonds. The number of hydrogen-bond donors (Lipinski definition) is 1. The molecule has 6 nitrogen and oxygen atoms in total. The van der Waals surface area contributed by atoms with E-state index in [-0.39, 0.29) is 18.7 Å². The van der Waals surface area contributed by atoms with E-state index in [1.165, 1.54) is 36.2 Å². The van der Waals surface area contributed by atoms with E-state index < -0.39 is 12.0 Å². The fourth-order valence-electron chi connectivity index (χ4n) is 5.30. The highest BCUT2D eigenvalue weighted by atomic mass is 19.3. The van der Waals surface area contributed by atoms with Crippen LogP contribution in [0.3, 0.4) is 0 Å². The molecule has 0 aromatic carbocycles. The molecule has 1 N–H and O–H groups in total. The lowest BCUT2D eigenvalue weighted by Crippen LogP contribution is -2.57. The number of likely N-dealkylation sites (tertiary alicyclic amines) is 2. The summed E-state index contributed by atoms with van der Waals surface area (Å²) < 4.78 is 36.5. The van der Waals surface area contributed by atoms with Gasteiger partial charge in [0.25, 0.3) is 5.92 Å². The van der Waals surface area contributed by atoms with E-state index >= 15 is 0 Å². The minimum Gasteiger partial charge on any atom is -0.465 e. The van der Waals surface area contributed by atoms with Crippen molar-refractivity contribution >= 4 is 6.09 Å². The number of amides is 1. The van der Waals surface area contributed by atoms with Crippen LogP contribution < -0.4 is 0 Å². The average Bonchev–Trinajstić information content (AvgIpc) is 3.35. The van der Waals surface area contributed by atoms with E-state index in [1.54, 1.807) is 4.90 Å². The molecule has 4 atom stereocenters. The molecule has 0 bridgehead atoms. The number of carbonyl (C=O) groups is 1. The van der Waals surface area contributed by atoms with E-state index in [0.717, 1.165) is 12.8 Å². The number of epoxide rings is 1. The first kappa shape index (κ1) is 25.4. The molecule has 0 radical (unpaired) electrons. The van der Waals surface area contributed by atoms with Gasteiger partial charge in [0.1, 0.15) is 0 Å². The largest absolute Gasteiger partial charge is 0.465 e. The summed E-state index contributed by atoms with van der Waals surface area (Å²) in [5.74, 6) is -1.54. The molecule has 8 heteroatoms. The summed E-state index contributed by atoms with van der Waals surface area (Å²) >= 11 is 0. The van der Waals surface area contributed by atoms with Gasteiger partial charge >= 0.3 is 6.09 Å². The molecule has 3 saturated heterocycles. The average molecular weight is 459 g/mol. The van der Waals surface area contributed by atoms with Crippen LogP contribution in [0.2, 0.25) is 0 Å². The van der Waals surface area contributed by atoms with Crippen LogP contribution in [0.15, 0.2) is 11.6 Å². The molecule has 32 heavy (non-hydrogen) atoms. The fraction of sp³-hybridized carbons (Fsp3) is 0.875. The van der Waals surface area contributed by atoms with Gasteiger partial charge in [-0.1, -0.05) is 24.5 Å². The van der Waals surface area contributed by atoms with E-state index in [9.17, 15) is 13.6 Å². The van der Waals surface area contributed by atoms with Gasteiger partial charge in [0.2, 0.25) is 0 Å². The summed E-state index contributed by atoms with van der Waals surface area (Å²) in [7, 11) is 1.85. The first-order valence-electron chi connectivity index (χ1n) is 12.0. The first-order chi connectivity index (χ1) is 15.0. The summed E-state index contributed by atoms with van der Waals surface area (Å²) in [5, 5.41) is 8.57. The molecule has 4 unspecified atom stereocenters. The Kier molecular flexibility index (Phi) is 8.20. The molecule has 184 valence electrons. The van der Waals surface area contributed by atoms with Crippen LogP contribution in [-0.2, 0) is 9.47 Å². The zero-order valence-corrected chi connectivity index (χ0v) is 20.0. The van der Waals surface area contributed by atoms with Gasteiger partial charge in [-0.25, -0.2) is 13.6 Å². The van der Waals surface area contributed by atoms with E-state index in [0.29, 0.717) is 43.7 Å². The number of rotatable bonds is 7. The van der Waals surface area contributed by atoms with E-state index in [1.807, 2.05) is 7.11 Å². The highest BCUT2D eigenvalue weighted by molar-refractivity contribution is 5.65. The molecule has 4 fully saturated rings. The second kappa shape index (κ2) is 10.3. The molecular formula is C24H40F2N2O4. The Morgan fingerprint density at radius 3 is 2.44 bits per heavy atom. The maximum Gasteiger partial charge on any atom is 0.407 e. The molecule has 4 rings (SSSR count). The Labute approximate surface area is 190 Å². The van der Waals surface area contributed by atoms with Crippen LogP contribution in [0.5, 0.6) is 0 Å². The number of halogens is 2. The monoisotopic (exact) mass is 458 g/mol. The lowest BCUT2D eigenvalue weighted by atomic mass is 9.76. The predicted molar refractivity (Wildman–Crippen MR) is 119 cm³/mol. The van der Waals surface area contributed by atoms with Crippen LogP contribution in [0, 0.1) is 11.8 Å². The first-order valence-corrected chi connectivity index (χ1v) is 12.0. The lowest BCUT2D eigenvalue weighted by Gasteiger charge is -2.42. The Morgan fingerprint density at radius 2 is 1.88 bits per heavy atom. The third kappa shape index (κ3) is 6.41. The van der Waals surface area contributed by atoms with Gasteiger partial charge in [0, 0.05) is 26.1 Å². The number of ether oxygens (including phenoxy) is 2. The molecule has 3 heterocycles. The summed E-state index contributed by atoms with van der Waals surface area (Å²) in [6.45, 7) is 8.08. The lowest BCUT2D eigenvalue weighted by molar-refractivity contribution is -0.132. The second-order valence-electron chi connectivity index (χ2n) is 10.4. The molecule has 0 spiro atoms. The van der Waals surface area contributed by atoms with Gasteiger partial charge in [-0.2, -0.15) is 0 Å². The Balaban J connectivity index is 0.000000182. The van der Waals surface area contributed by atoms with Crippen LogP contribution >= 0.6 is 0 Å². The topological polar surface area (TPSA) is 65.5 Å². The van der Waals surface area contributed by atoms with E-state index in [2.05, 4.69) is 26.8 Å². The van der Waals surface area contributed by atoms with Crippen molar-refractivity contribution in [1.29, 1.82) is 0 Å².